The lowest BCUT2D eigenvalue weighted by atomic mass is 10.0. The molecule has 2 rings (SSSR count). The smallest absolute Gasteiger partial charge is 0.126 e. The SMILES string of the molecule is Cl.FCC[C@H](c1cc(F)cc(F)c1)N1CCNCC1. The Morgan fingerprint density at radius 2 is 1.68 bits per heavy atom. The highest BCUT2D eigenvalue weighted by Gasteiger charge is 2.22. The molecule has 0 unspecified atom stereocenters. The van der Waals surface area contributed by atoms with Crippen molar-refractivity contribution in [1.82, 2.24) is 10.2 Å². The van der Waals surface area contributed by atoms with Crippen molar-refractivity contribution in [2.75, 3.05) is 32.9 Å². The number of benzene rings is 1. The van der Waals surface area contributed by atoms with Crippen LogP contribution in [-0.4, -0.2) is 37.8 Å². The fourth-order valence-electron chi connectivity index (χ4n) is 2.42. The molecule has 0 amide bonds. The standard InChI is InChI=1S/C13H17F3N2.ClH/c14-2-1-13(18-5-3-17-4-6-18)10-7-11(15)9-12(16)8-10;/h7-9,13,17H,1-6H2;1H/t13-;/m1./s1. The van der Waals surface area contributed by atoms with Crippen molar-refractivity contribution in [2.45, 2.75) is 12.5 Å². The average molecular weight is 295 g/mol. The highest BCUT2D eigenvalue weighted by Crippen LogP contribution is 2.26. The summed E-state index contributed by atoms with van der Waals surface area (Å²) in [6.07, 6.45) is 0.267. The molecule has 0 aromatic heterocycles. The summed E-state index contributed by atoms with van der Waals surface area (Å²) in [7, 11) is 0. The number of hydrogen-bond acceptors (Lipinski definition) is 2. The van der Waals surface area contributed by atoms with Gasteiger partial charge in [-0.3, -0.25) is 9.29 Å². The van der Waals surface area contributed by atoms with Crippen molar-refractivity contribution < 1.29 is 13.2 Å². The summed E-state index contributed by atoms with van der Waals surface area (Å²) >= 11 is 0. The summed E-state index contributed by atoms with van der Waals surface area (Å²) in [5, 5.41) is 3.20. The third kappa shape index (κ3) is 4.37. The molecule has 1 N–H and O–H groups in total. The van der Waals surface area contributed by atoms with Gasteiger partial charge in [0.15, 0.2) is 0 Å². The fourth-order valence-corrected chi connectivity index (χ4v) is 2.42. The maximum atomic E-state index is 13.2. The number of alkyl halides is 1. The van der Waals surface area contributed by atoms with Gasteiger partial charge in [0.25, 0.3) is 0 Å². The van der Waals surface area contributed by atoms with E-state index in [2.05, 4.69) is 10.2 Å². The molecular weight excluding hydrogens is 277 g/mol. The Labute approximate surface area is 117 Å². The predicted molar refractivity (Wildman–Crippen MR) is 71.4 cm³/mol. The normalized spacial score (nSPS) is 17.8. The molecule has 1 saturated heterocycles. The van der Waals surface area contributed by atoms with E-state index in [0.717, 1.165) is 32.2 Å². The van der Waals surface area contributed by atoms with Crippen LogP contribution in [-0.2, 0) is 0 Å². The average Bonchev–Trinajstić information content (AvgIpc) is 2.36. The van der Waals surface area contributed by atoms with Gasteiger partial charge in [0.2, 0.25) is 0 Å². The molecule has 1 aromatic carbocycles. The first-order valence-electron chi connectivity index (χ1n) is 6.17. The predicted octanol–water partition coefficient (Wildman–Crippen LogP) is 2.69. The Bertz CT molecular complexity index is 377. The zero-order valence-corrected chi connectivity index (χ0v) is 11.4. The van der Waals surface area contributed by atoms with Crippen LogP contribution in [0.25, 0.3) is 0 Å². The summed E-state index contributed by atoms with van der Waals surface area (Å²) in [5.41, 5.74) is 0.520. The van der Waals surface area contributed by atoms with Gasteiger partial charge in [0.1, 0.15) is 11.6 Å². The second kappa shape index (κ2) is 7.72. The van der Waals surface area contributed by atoms with E-state index in [-0.39, 0.29) is 24.9 Å². The molecule has 0 radical (unpaired) electrons. The number of halogens is 4. The highest BCUT2D eigenvalue weighted by atomic mass is 35.5. The van der Waals surface area contributed by atoms with Crippen LogP contribution in [0.4, 0.5) is 13.2 Å². The van der Waals surface area contributed by atoms with Crippen LogP contribution in [0.2, 0.25) is 0 Å². The first-order chi connectivity index (χ1) is 8.70. The van der Waals surface area contributed by atoms with Crippen LogP contribution in [0.5, 0.6) is 0 Å². The number of rotatable bonds is 4. The number of hydrogen-bond donors (Lipinski definition) is 1. The summed E-state index contributed by atoms with van der Waals surface area (Å²) in [4.78, 5) is 2.07. The van der Waals surface area contributed by atoms with Crippen LogP contribution < -0.4 is 5.32 Å². The van der Waals surface area contributed by atoms with Crippen molar-refractivity contribution >= 4 is 12.4 Å². The Balaban J connectivity index is 0.00000180. The van der Waals surface area contributed by atoms with Gasteiger partial charge in [-0.2, -0.15) is 0 Å². The largest absolute Gasteiger partial charge is 0.314 e. The lowest BCUT2D eigenvalue weighted by molar-refractivity contribution is 0.157. The second-order valence-electron chi connectivity index (χ2n) is 4.48. The van der Waals surface area contributed by atoms with E-state index in [1.54, 1.807) is 0 Å². The second-order valence-corrected chi connectivity index (χ2v) is 4.48. The monoisotopic (exact) mass is 294 g/mol. The van der Waals surface area contributed by atoms with Crippen LogP contribution >= 0.6 is 12.4 Å². The van der Waals surface area contributed by atoms with E-state index in [1.165, 1.54) is 12.1 Å². The molecule has 2 nitrogen and oxygen atoms in total. The van der Waals surface area contributed by atoms with Crippen LogP contribution in [0, 0.1) is 11.6 Å². The van der Waals surface area contributed by atoms with Gasteiger partial charge < -0.3 is 5.32 Å². The van der Waals surface area contributed by atoms with Crippen molar-refractivity contribution in [3.8, 4) is 0 Å². The van der Waals surface area contributed by atoms with Crippen molar-refractivity contribution in [3.63, 3.8) is 0 Å². The maximum absolute atomic E-state index is 13.2. The van der Waals surface area contributed by atoms with E-state index in [9.17, 15) is 13.2 Å². The minimum Gasteiger partial charge on any atom is -0.314 e. The Morgan fingerprint density at radius 1 is 1.11 bits per heavy atom. The van der Waals surface area contributed by atoms with Gasteiger partial charge in [-0.15, -0.1) is 12.4 Å². The molecule has 1 fully saturated rings. The van der Waals surface area contributed by atoms with Crippen molar-refractivity contribution in [3.05, 3.63) is 35.4 Å². The molecule has 1 aliphatic heterocycles. The van der Waals surface area contributed by atoms with Gasteiger partial charge in [0.05, 0.1) is 6.67 Å². The lowest BCUT2D eigenvalue weighted by Crippen LogP contribution is -2.45. The minimum atomic E-state index is -0.607. The Morgan fingerprint density at radius 3 is 2.21 bits per heavy atom. The Kier molecular flexibility index (Phi) is 6.62. The molecule has 108 valence electrons. The third-order valence-corrected chi connectivity index (χ3v) is 3.24. The van der Waals surface area contributed by atoms with Gasteiger partial charge in [0, 0.05) is 38.3 Å². The molecule has 19 heavy (non-hydrogen) atoms. The molecular formula is C13H18ClF3N2. The van der Waals surface area contributed by atoms with Crippen LogP contribution in [0.15, 0.2) is 18.2 Å². The zero-order valence-electron chi connectivity index (χ0n) is 10.5. The van der Waals surface area contributed by atoms with E-state index in [4.69, 9.17) is 0 Å². The van der Waals surface area contributed by atoms with E-state index >= 15 is 0 Å². The van der Waals surface area contributed by atoms with E-state index < -0.39 is 18.3 Å². The van der Waals surface area contributed by atoms with Crippen LogP contribution in [0.3, 0.4) is 0 Å². The maximum Gasteiger partial charge on any atom is 0.126 e. The topological polar surface area (TPSA) is 15.3 Å². The number of nitrogens with zero attached hydrogens (tertiary/aromatic N) is 1. The van der Waals surface area contributed by atoms with Crippen LogP contribution in [0.1, 0.15) is 18.0 Å². The number of nitrogens with one attached hydrogen (secondary N) is 1. The van der Waals surface area contributed by atoms with Crippen molar-refractivity contribution in [1.29, 1.82) is 0 Å². The van der Waals surface area contributed by atoms with E-state index in [0.29, 0.717) is 5.56 Å². The Hall–Kier alpha value is -0.780. The van der Waals surface area contributed by atoms with Gasteiger partial charge in [-0.05, 0) is 24.1 Å². The van der Waals surface area contributed by atoms with Gasteiger partial charge in [-0.1, -0.05) is 0 Å². The summed E-state index contributed by atoms with van der Waals surface area (Å²) in [6, 6.07) is 3.19. The van der Waals surface area contributed by atoms with E-state index in [1.807, 2.05) is 0 Å². The molecule has 1 aliphatic rings. The summed E-state index contributed by atoms with van der Waals surface area (Å²) in [5.74, 6) is -1.21. The molecule has 1 atom stereocenters. The summed E-state index contributed by atoms with van der Waals surface area (Å²) < 4.78 is 39.1. The zero-order chi connectivity index (χ0) is 13.0. The first kappa shape index (κ1) is 16.3. The van der Waals surface area contributed by atoms with Crippen molar-refractivity contribution in [2.24, 2.45) is 0 Å². The quantitative estimate of drug-likeness (QED) is 0.918. The first-order valence-corrected chi connectivity index (χ1v) is 6.17. The molecule has 0 aliphatic carbocycles. The number of piperazine rings is 1. The molecule has 1 aromatic rings. The van der Waals surface area contributed by atoms with Gasteiger partial charge >= 0.3 is 0 Å². The fraction of sp³-hybridized carbons (Fsp3) is 0.538. The lowest BCUT2D eigenvalue weighted by Gasteiger charge is -2.34. The molecule has 0 bridgehead atoms. The molecule has 0 spiro atoms. The minimum absolute atomic E-state index is 0. The highest BCUT2D eigenvalue weighted by molar-refractivity contribution is 5.85. The molecule has 6 heteroatoms. The molecule has 0 saturated carbocycles. The molecule has 1 heterocycles. The van der Waals surface area contributed by atoms with Gasteiger partial charge in [-0.25, -0.2) is 8.78 Å². The summed E-state index contributed by atoms with van der Waals surface area (Å²) in [6.45, 7) is 2.68. The third-order valence-electron chi connectivity index (χ3n) is 3.24.